The van der Waals surface area contributed by atoms with Gasteiger partial charge in [-0.2, -0.15) is 0 Å². The van der Waals surface area contributed by atoms with Crippen LogP contribution in [0.5, 0.6) is 0 Å². The van der Waals surface area contributed by atoms with E-state index in [0.717, 1.165) is 44.9 Å². The first kappa shape index (κ1) is 17.9. The lowest BCUT2D eigenvalue weighted by Gasteiger charge is -2.47. The van der Waals surface area contributed by atoms with Crippen LogP contribution in [0.3, 0.4) is 0 Å². The third-order valence-electron chi connectivity index (χ3n) is 8.22. The summed E-state index contributed by atoms with van der Waals surface area (Å²) in [4.78, 5) is 25.2. The summed E-state index contributed by atoms with van der Waals surface area (Å²) in [5, 5.41) is 0. The van der Waals surface area contributed by atoms with Crippen molar-refractivity contribution in [2.75, 3.05) is 0 Å². The Morgan fingerprint density at radius 1 is 1.16 bits per heavy atom. The SMILES string of the molecule is C[C@]1([C@H]2CCC[C@]3(C)C(=O)CC[C@H]3[C@@H]2C=NI)CCC2C[C@@H]1C(=O)O2. The fourth-order valence-electron chi connectivity index (χ4n) is 6.70. The highest BCUT2D eigenvalue weighted by Crippen LogP contribution is 2.60. The number of rotatable bonds is 2. The number of ether oxygens (including phenoxy) is 1. The quantitative estimate of drug-likeness (QED) is 0.348. The molecule has 25 heavy (non-hydrogen) atoms. The van der Waals surface area contributed by atoms with Crippen molar-refractivity contribution in [1.82, 2.24) is 0 Å². The molecule has 4 aliphatic rings. The molecule has 1 unspecified atom stereocenters. The molecule has 0 amide bonds. The normalized spacial score (nSPS) is 50.0. The van der Waals surface area contributed by atoms with E-state index in [9.17, 15) is 9.59 Å². The lowest BCUT2D eigenvalue weighted by Crippen LogP contribution is -2.46. The molecule has 5 heteroatoms. The molecule has 1 saturated heterocycles. The number of carbonyl (C=O) groups excluding carboxylic acids is 2. The molecule has 0 spiro atoms. The molecule has 1 aliphatic heterocycles. The van der Waals surface area contributed by atoms with Gasteiger partial charge in [-0.05, 0) is 55.8 Å². The molecule has 7 atom stereocenters. The van der Waals surface area contributed by atoms with Crippen molar-refractivity contribution in [3.05, 3.63) is 0 Å². The van der Waals surface area contributed by atoms with Crippen LogP contribution in [0.1, 0.15) is 65.2 Å². The highest BCUT2D eigenvalue weighted by Gasteiger charge is 2.59. The van der Waals surface area contributed by atoms with Crippen molar-refractivity contribution in [3.63, 3.8) is 0 Å². The van der Waals surface area contributed by atoms with Crippen molar-refractivity contribution in [3.8, 4) is 0 Å². The van der Waals surface area contributed by atoms with E-state index in [0.29, 0.717) is 30.0 Å². The van der Waals surface area contributed by atoms with Crippen molar-refractivity contribution in [1.29, 1.82) is 0 Å². The number of ketones is 1. The van der Waals surface area contributed by atoms with Gasteiger partial charge in [-0.25, -0.2) is 3.21 Å². The first-order valence-corrected chi connectivity index (χ1v) is 10.7. The van der Waals surface area contributed by atoms with Gasteiger partial charge in [0.2, 0.25) is 0 Å². The summed E-state index contributed by atoms with van der Waals surface area (Å²) in [5.74, 6) is 1.58. The lowest BCUT2D eigenvalue weighted by molar-refractivity contribution is -0.146. The van der Waals surface area contributed by atoms with Gasteiger partial charge in [0, 0.05) is 24.0 Å². The Morgan fingerprint density at radius 3 is 2.72 bits per heavy atom. The Balaban J connectivity index is 1.73. The topological polar surface area (TPSA) is 55.7 Å². The van der Waals surface area contributed by atoms with E-state index in [1.165, 1.54) is 0 Å². The van der Waals surface area contributed by atoms with Gasteiger partial charge >= 0.3 is 5.97 Å². The van der Waals surface area contributed by atoms with Crippen molar-refractivity contribution >= 4 is 40.8 Å². The van der Waals surface area contributed by atoms with Crippen LogP contribution in [0.15, 0.2) is 3.21 Å². The maximum Gasteiger partial charge on any atom is 0.309 e. The summed E-state index contributed by atoms with van der Waals surface area (Å²) in [6, 6.07) is 0. The van der Waals surface area contributed by atoms with Crippen LogP contribution in [0.2, 0.25) is 0 Å². The Morgan fingerprint density at radius 2 is 1.96 bits per heavy atom. The van der Waals surface area contributed by atoms with Crippen LogP contribution >= 0.6 is 22.9 Å². The van der Waals surface area contributed by atoms with Gasteiger partial charge in [-0.3, -0.25) is 9.59 Å². The number of esters is 1. The number of halogens is 1. The average molecular weight is 457 g/mol. The number of hydrogen-bond donors (Lipinski definition) is 0. The van der Waals surface area contributed by atoms with E-state index in [1.807, 2.05) is 0 Å². The van der Waals surface area contributed by atoms with Gasteiger partial charge in [-0.1, -0.05) is 20.3 Å². The Bertz CT molecular complexity index is 620. The largest absolute Gasteiger partial charge is 0.462 e. The molecule has 4 fully saturated rings. The minimum Gasteiger partial charge on any atom is -0.462 e. The minimum absolute atomic E-state index is 0.0182. The second-order valence-electron chi connectivity index (χ2n) is 9.20. The predicted molar refractivity (Wildman–Crippen MR) is 105 cm³/mol. The molecule has 0 aromatic carbocycles. The molecule has 4 rings (SSSR count). The molecule has 1 heterocycles. The third kappa shape index (κ3) is 2.62. The summed E-state index contributed by atoms with van der Waals surface area (Å²) in [6.45, 7) is 4.51. The second-order valence-corrected chi connectivity index (χ2v) is 9.76. The first-order chi connectivity index (χ1) is 11.9. The molecule has 138 valence electrons. The molecule has 0 aromatic heterocycles. The van der Waals surface area contributed by atoms with Gasteiger partial charge in [-0.15, -0.1) is 0 Å². The first-order valence-electron chi connectivity index (χ1n) is 9.78. The molecular formula is C20H28INO3. The number of hydrogen-bond acceptors (Lipinski definition) is 4. The Kier molecular flexibility index (Phi) is 4.52. The van der Waals surface area contributed by atoms with E-state index in [-0.39, 0.29) is 28.8 Å². The maximum atomic E-state index is 12.7. The van der Waals surface area contributed by atoms with Crippen LogP contribution in [-0.2, 0) is 14.3 Å². The van der Waals surface area contributed by atoms with Crippen molar-refractivity contribution in [2.24, 2.45) is 37.7 Å². The molecule has 0 aromatic rings. The van der Waals surface area contributed by atoms with Gasteiger partial charge in [0.15, 0.2) is 0 Å². The summed E-state index contributed by atoms with van der Waals surface area (Å²) in [7, 11) is 0. The van der Waals surface area contributed by atoms with Gasteiger partial charge in [0.05, 0.1) is 28.8 Å². The highest BCUT2D eigenvalue weighted by atomic mass is 127. The van der Waals surface area contributed by atoms with Gasteiger partial charge < -0.3 is 4.74 Å². The zero-order chi connectivity index (χ0) is 17.8. The van der Waals surface area contributed by atoms with E-state index in [2.05, 4.69) is 46.1 Å². The third-order valence-corrected chi connectivity index (χ3v) is 8.54. The Hall–Kier alpha value is -0.460. The van der Waals surface area contributed by atoms with Crippen molar-refractivity contribution < 1.29 is 14.3 Å². The summed E-state index contributed by atoms with van der Waals surface area (Å²) in [6.07, 6.45) is 10.0. The van der Waals surface area contributed by atoms with E-state index < -0.39 is 0 Å². The zero-order valence-corrected chi connectivity index (χ0v) is 17.3. The van der Waals surface area contributed by atoms with Crippen LogP contribution in [0, 0.1) is 34.5 Å². The maximum absolute atomic E-state index is 12.7. The van der Waals surface area contributed by atoms with Crippen LogP contribution in [-0.4, -0.2) is 24.1 Å². The second kappa shape index (κ2) is 6.31. The van der Waals surface area contributed by atoms with E-state index in [4.69, 9.17) is 4.74 Å². The number of carbonyl (C=O) groups is 2. The predicted octanol–water partition coefficient (Wildman–Crippen LogP) is 4.54. The van der Waals surface area contributed by atoms with Gasteiger partial charge in [0.1, 0.15) is 11.9 Å². The molecule has 2 bridgehead atoms. The zero-order valence-electron chi connectivity index (χ0n) is 15.2. The number of Topliss-reactive ketones (excluding diaryl/α,β-unsaturated/α-hetero) is 1. The smallest absolute Gasteiger partial charge is 0.309 e. The fourth-order valence-corrected chi connectivity index (χ4v) is 7.07. The number of nitrogens with zero attached hydrogens (tertiary/aromatic N) is 1. The van der Waals surface area contributed by atoms with Crippen molar-refractivity contribution in [2.45, 2.75) is 71.3 Å². The van der Waals surface area contributed by atoms with Crippen LogP contribution in [0.25, 0.3) is 0 Å². The standard InChI is InChI=1S/C20H28INO3/c1-19(9-7-12-10-16(19)18(24)25-12)14-4-3-8-20(2)15(5-6-17(20)23)13(14)11-22-21/h11-16H,3-10H2,1-2H3/t12?,13-,14+,15+,16-,19-,20+/m1/s1. The van der Waals surface area contributed by atoms with Crippen LogP contribution in [0.4, 0.5) is 0 Å². The van der Waals surface area contributed by atoms with Crippen LogP contribution < -0.4 is 0 Å². The number of fused-ring (bicyclic) bond motifs is 3. The summed E-state index contributed by atoms with van der Waals surface area (Å²) in [5.41, 5.74) is -0.218. The average Bonchev–Trinajstić information content (AvgIpc) is 3.00. The molecule has 0 radical (unpaired) electrons. The Labute approximate surface area is 164 Å². The van der Waals surface area contributed by atoms with Gasteiger partial charge in [0.25, 0.3) is 0 Å². The molecule has 3 saturated carbocycles. The van der Waals surface area contributed by atoms with E-state index >= 15 is 0 Å². The molecule has 4 nitrogen and oxygen atoms in total. The molecular weight excluding hydrogens is 429 g/mol. The minimum atomic E-state index is -0.193. The fraction of sp³-hybridized carbons (Fsp3) is 0.850. The molecule has 0 N–H and O–H groups in total. The summed E-state index contributed by atoms with van der Waals surface area (Å²) >= 11 is 2.07. The summed E-state index contributed by atoms with van der Waals surface area (Å²) < 4.78 is 9.98. The monoisotopic (exact) mass is 457 g/mol. The molecule has 3 aliphatic carbocycles. The van der Waals surface area contributed by atoms with E-state index in [1.54, 1.807) is 0 Å². The lowest BCUT2D eigenvalue weighted by atomic mass is 9.55. The highest BCUT2D eigenvalue weighted by molar-refractivity contribution is 14.1.